The summed E-state index contributed by atoms with van der Waals surface area (Å²) in [6, 6.07) is 0.112. The Morgan fingerprint density at radius 3 is 2.72 bits per heavy atom. The first-order valence-electron chi connectivity index (χ1n) is 6.37. The lowest BCUT2D eigenvalue weighted by Gasteiger charge is -2.39. The topological polar surface area (TPSA) is 69.6 Å². The Morgan fingerprint density at radius 1 is 1.50 bits per heavy atom. The van der Waals surface area contributed by atoms with Crippen LogP contribution in [0.2, 0.25) is 0 Å². The molecule has 6 heteroatoms. The van der Waals surface area contributed by atoms with Crippen LogP contribution in [0, 0.1) is 5.92 Å². The Bertz CT molecular complexity index is 293. The van der Waals surface area contributed by atoms with E-state index in [1.165, 1.54) is 0 Å². The van der Waals surface area contributed by atoms with E-state index in [9.17, 15) is 9.59 Å². The van der Waals surface area contributed by atoms with Crippen molar-refractivity contribution in [1.29, 1.82) is 0 Å². The number of hydrogen-bond donors (Lipinski definition) is 2. The Morgan fingerprint density at radius 2 is 2.17 bits per heavy atom. The predicted molar refractivity (Wildman–Crippen MR) is 72.9 cm³/mol. The number of carbonyl (C=O) groups excluding carboxylic acids is 1. The molecular weight excluding hydrogens is 252 g/mol. The Hall–Kier alpha value is -0.910. The largest absolute Gasteiger partial charge is 0.481 e. The maximum absolute atomic E-state index is 11.8. The van der Waals surface area contributed by atoms with Crippen molar-refractivity contribution in [3.8, 4) is 0 Å². The van der Waals surface area contributed by atoms with Crippen LogP contribution in [0.15, 0.2) is 0 Å². The molecule has 1 aliphatic heterocycles. The first-order valence-corrected chi connectivity index (χ1v) is 7.53. The van der Waals surface area contributed by atoms with Gasteiger partial charge in [-0.05, 0) is 24.9 Å². The number of carboxylic acid groups (broad SMARTS) is 1. The zero-order chi connectivity index (χ0) is 13.5. The number of hydrogen-bond acceptors (Lipinski definition) is 3. The first-order chi connectivity index (χ1) is 8.52. The summed E-state index contributed by atoms with van der Waals surface area (Å²) in [5, 5.41) is 11.6. The third kappa shape index (κ3) is 5.16. The third-order valence-corrected chi connectivity index (χ3v) is 3.91. The molecule has 1 fully saturated rings. The van der Waals surface area contributed by atoms with Crippen molar-refractivity contribution in [1.82, 2.24) is 10.2 Å². The van der Waals surface area contributed by atoms with E-state index in [4.69, 9.17) is 5.11 Å². The fraction of sp³-hybridized carbons (Fsp3) is 0.833. The number of urea groups is 1. The van der Waals surface area contributed by atoms with Crippen LogP contribution < -0.4 is 5.32 Å². The molecule has 0 saturated carbocycles. The molecule has 5 nitrogen and oxygen atoms in total. The smallest absolute Gasteiger partial charge is 0.317 e. The molecule has 1 aliphatic rings. The van der Waals surface area contributed by atoms with Gasteiger partial charge in [-0.15, -0.1) is 0 Å². The van der Waals surface area contributed by atoms with Gasteiger partial charge in [0.15, 0.2) is 0 Å². The van der Waals surface area contributed by atoms with Gasteiger partial charge in [0.2, 0.25) is 0 Å². The van der Waals surface area contributed by atoms with Gasteiger partial charge in [0, 0.05) is 25.0 Å². The molecule has 0 aliphatic carbocycles. The third-order valence-electron chi connectivity index (χ3n) is 2.98. The van der Waals surface area contributed by atoms with Gasteiger partial charge in [0.25, 0.3) is 0 Å². The molecule has 0 aromatic rings. The van der Waals surface area contributed by atoms with Crippen LogP contribution in [0.5, 0.6) is 0 Å². The van der Waals surface area contributed by atoms with Crippen molar-refractivity contribution in [3.63, 3.8) is 0 Å². The minimum absolute atomic E-state index is 0.0642. The second kappa shape index (κ2) is 7.51. The number of nitrogens with one attached hydrogen (secondary N) is 1. The quantitative estimate of drug-likeness (QED) is 0.692. The number of likely N-dealkylation sites (tertiary alicyclic amines) is 1. The maximum Gasteiger partial charge on any atom is 0.317 e. The maximum atomic E-state index is 11.8. The van der Waals surface area contributed by atoms with Crippen molar-refractivity contribution in [2.24, 2.45) is 5.92 Å². The summed E-state index contributed by atoms with van der Waals surface area (Å²) in [5.41, 5.74) is 0. The summed E-state index contributed by atoms with van der Waals surface area (Å²) >= 11 is 1.87. The lowest BCUT2D eigenvalue weighted by molar-refractivity contribution is -0.139. The first kappa shape index (κ1) is 15.1. The van der Waals surface area contributed by atoms with E-state index in [1.54, 1.807) is 4.90 Å². The van der Waals surface area contributed by atoms with Crippen LogP contribution in [0.1, 0.15) is 26.7 Å². The fourth-order valence-corrected chi connectivity index (χ4v) is 2.70. The number of carboxylic acids is 1. The highest BCUT2D eigenvalue weighted by molar-refractivity contribution is 7.99. The molecule has 18 heavy (non-hydrogen) atoms. The van der Waals surface area contributed by atoms with Crippen LogP contribution in [0.25, 0.3) is 0 Å². The van der Waals surface area contributed by atoms with Crippen LogP contribution in [0.4, 0.5) is 4.79 Å². The van der Waals surface area contributed by atoms with Gasteiger partial charge in [-0.3, -0.25) is 4.79 Å². The van der Waals surface area contributed by atoms with E-state index in [0.717, 1.165) is 17.9 Å². The molecule has 0 aromatic carbocycles. The van der Waals surface area contributed by atoms with Crippen LogP contribution >= 0.6 is 11.8 Å². The lowest BCUT2D eigenvalue weighted by atomic mass is 9.97. The standard InChI is InChI=1S/C12H22N2O3S/c1-3-18-5-4-9(2)13-12(17)14-7-10(8-14)6-11(15)16/h9-10H,3-8H2,1-2H3,(H,13,17)(H,15,16). The van der Waals surface area contributed by atoms with Crippen LogP contribution in [-0.4, -0.2) is 52.6 Å². The zero-order valence-electron chi connectivity index (χ0n) is 11.0. The molecule has 1 heterocycles. The highest BCUT2D eigenvalue weighted by Crippen LogP contribution is 2.19. The summed E-state index contributed by atoms with van der Waals surface area (Å²) in [6.07, 6.45) is 1.13. The van der Waals surface area contributed by atoms with Crippen LogP contribution in [0.3, 0.4) is 0 Å². The second-order valence-electron chi connectivity index (χ2n) is 4.71. The van der Waals surface area contributed by atoms with E-state index in [2.05, 4.69) is 12.2 Å². The highest BCUT2D eigenvalue weighted by atomic mass is 32.2. The van der Waals surface area contributed by atoms with Gasteiger partial charge in [-0.1, -0.05) is 6.92 Å². The summed E-state index contributed by atoms with van der Waals surface area (Å²) in [4.78, 5) is 23.9. The van der Waals surface area contributed by atoms with Crippen LogP contribution in [-0.2, 0) is 4.79 Å². The normalized spacial score (nSPS) is 17.1. The van der Waals surface area contributed by atoms with E-state index in [1.807, 2.05) is 18.7 Å². The van der Waals surface area contributed by atoms with E-state index in [-0.39, 0.29) is 24.4 Å². The average molecular weight is 274 g/mol. The molecule has 1 rings (SSSR count). The second-order valence-corrected chi connectivity index (χ2v) is 6.10. The number of carbonyl (C=O) groups is 2. The zero-order valence-corrected chi connectivity index (χ0v) is 11.8. The molecular formula is C12H22N2O3S. The molecule has 1 saturated heterocycles. The number of rotatable bonds is 7. The molecule has 1 atom stereocenters. The monoisotopic (exact) mass is 274 g/mol. The van der Waals surface area contributed by atoms with Crippen molar-refractivity contribution in [2.75, 3.05) is 24.6 Å². The Balaban J connectivity index is 2.13. The molecule has 0 bridgehead atoms. The molecule has 0 aromatic heterocycles. The van der Waals surface area contributed by atoms with E-state index >= 15 is 0 Å². The fourth-order valence-electron chi connectivity index (χ4n) is 1.89. The van der Waals surface area contributed by atoms with Gasteiger partial charge in [0.1, 0.15) is 0 Å². The Kier molecular flexibility index (Phi) is 6.32. The number of nitrogens with zero attached hydrogens (tertiary/aromatic N) is 1. The van der Waals surface area contributed by atoms with E-state index < -0.39 is 5.97 Å². The van der Waals surface area contributed by atoms with Gasteiger partial charge < -0.3 is 15.3 Å². The van der Waals surface area contributed by atoms with Crippen molar-refractivity contribution in [3.05, 3.63) is 0 Å². The van der Waals surface area contributed by atoms with Gasteiger partial charge in [0.05, 0.1) is 6.42 Å². The summed E-state index contributed by atoms with van der Waals surface area (Å²) in [6.45, 7) is 5.25. The van der Waals surface area contributed by atoms with Crippen molar-refractivity contribution < 1.29 is 14.7 Å². The van der Waals surface area contributed by atoms with Crippen molar-refractivity contribution in [2.45, 2.75) is 32.7 Å². The molecule has 2 N–H and O–H groups in total. The number of amides is 2. The SMILES string of the molecule is CCSCCC(C)NC(=O)N1CC(CC(=O)O)C1. The average Bonchev–Trinajstić information content (AvgIpc) is 2.22. The minimum atomic E-state index is -0.787. The highest BCUT2D eigenvalue weighted by Gasteiger charge is 2.32. The number of aliphatic carboxylic acids is 1. The summed E-state index contributed by atoms with van der Waals surface area (Å²) in [7, 11) is 0. The summed E-state index contributed by atoms with van der Waals surface area (Å²) < 4.78 is 0. The van der Waals surface area contributed by atoms with Gasteiger partial charge in [-0.2, -0.15) is 11.8 Å². The van der Waals surface area contributed by atoms with Gasteiger partial charge >= 0.3 is 12.0 Å². The molecule has 2 amide bonds. The molecule has 1 unspecified atom stereocenters. The molecule has 0 radical (unpaired) electrons. The minimum Gasteiger partial charge on any atom is -0.481 e. The molecule has 104 valence electrons. The summed E-state index contributed by atoms with van der Waals surface area (Å²) in [5.74, 6) is 1.49. The van der Waals surface area contributed by atoms with E-state index in [0.29, 0.717) is 13.1 Å². The Labute approximate surface area is 112 Å². The lowest BCUT2D eigenvalue weighted by Crippen LogP contribution is -2.55. The van der Waals surface area contributed by atoms with Crippen molar-refractivity contribution >= 4 is 23.8 Å². The van der Waals surface area contributed by atoms with Gasteiger partial charge in [-0.25, -0.2) is 4.79 Å². The number of thioether (sulfide) groups is 1. The molecule has 0 spiro atoms. The predicted octanol–water partition coefficient (Wildman–Crippen LogP) is 1.63.